The average Bonchev–Trinajstić information content (AvgIpc) is 3.15. The molecule has 0 radical (unpaired) electrons. The van der Waals surface area contributed by atoms with E-state index in [1.807, 2.05) is 0 Å². The van der Waals surface area contributed by atoms with Gasteiger partial charge in [0, 0.05) is 13.0 Å². The highest BCUT2D eigenvalue weighted by Gasteiger charge is 2.23. The van der Waals surface area contributed by atoms with E-state index in [9.17, 15) is 19.2 Å². The first-order valence-corrected chi connectivity index (χ1v) is 22.0. The summed E-state index contributed by atoms with van der Waals surface area (Å²) in [7, 11) is 0. The van der Waals surface area contributed by atoms with Gasteiger partial charge in [0.15, 0.2) is 5.96 Å². The first-order valence-electron chi connectivity index (χ1n) is 22.0. The summed E-state index contributed by atoms with van der Waals surface area (Å²) in [6.45, 7) is 9.68. The Balaban J connectivity index is 4.63. The molecule has 0 bridgehead atoms. The minimum absolute atomic E-state index is 0.00127. The normalized spacial score (nSPS) is 12.7. The summed E-state index contributed by atoms with van der Waals surface area (Å²) in [6.07, 6.45) is 25.6. The molecule has 1 amide bonds. The Morgan fingerprint density at radius 1 is 0.481 bits per heavy atom. The molecule has 0 aromatic carbocycles. The Hall–Kier alpha value is -2.85. The number of hydrogen-bond donors (Lipinski definition) is 3. The fraction of sp³-hybridized carbons (Fsp3) is 0.884. The molecule has 0 rings (SSSR count). The van der Waals surface area contributed by atoms with Gasteiger partial charge in [-0.15, -0.1) is 0 Å². The summed E-state index contributed by atoms with van der Waals surface area (Å²) >= 11 is 0. The maximum Gasteiger partial charge on any atom is 0.328 e. The van der Waals surface area contributed by atoms with Crippen LogP contribution in [0.2, 0.25) is 0 Å². The van der Waals surface area contributed by atoms with E-state index in [1.165, 1.54) is 44.9 Å². The van der Waals surface area contributed by atoms with Crippen molar-refractivity contribution in [2.24, 2.45) is 28.3 Å². The highest BCUT2D eigenvalue weighted by Crippen LogP contribution is 2.21. The number of esters is 3. The van der Waals surface area contributed by atoms with Crippen molar-refractivity contribution < 1.29 is 33.4 Å². The molecule has 0 saturated carbocycles. The van der Waals surface area contributed by atoms with Crippen LogP contribution in [0.25, 0.3) is 0 Å². The number of aliphatic imine (C=N–C) groups is 1. The summed E-state index contributed by atoms with van der Waals surface area (Å²) in [4.78, 5) is 55.3. The van der Waals surface area contributed by atoms with Gasteiger partial charge < -0.3 is 31.0 Å². The molecule has 0 heterocycles. The lowest BCUT2D eigenvalue weighted by Crippen LogP contribution is -2.42. The van der Waals surface area contributed by atoms with Crippen LogP contribution in [-0.2, 0) is 33.4 Å². The van der Waals surface area contributed by atoms with Crippen LogP contribution in [0.1, 0.15) is 201 Å². The molecule has 2 unspecified atom stereocenters. The van der Waals surface area contributed by atoms with Crippen molar-refractivity contribution in [1.29, 1.82) is 0 Å². The number of unbranched alkanes of at least 4 members (excludes halogenated alkanes) is 15. The van der Waals surface area contributed by atoms with E-state index in [-0.39, 0.29) is 68.2 Å². The largest absolute Gasteiger partial charge is 0.465 e. The number of rotatable bonds is 38. The number of nitrogens with two attached hydrogens (primary N) is 2. The number of ether oxygens (including phenoxy) is 3. The second-order valence-corrected chi connectivity index (χ2v) is 15.0. The second kappa shape index (κ2) is 37.1. The SMILES string of the molecule is CCCCCCCCC(CCCCCC)C(=O)OCCCC(=O)N[C@@H](CCN=C(N)N)C(=O)OCCCCCCOC(=O)C(CCCC)CCCCCC. The molecule has 316 valence electrons. The van der Waals surface area contributed by atoms with Gasteiger partial charge in [0.1, 0.15) is 6.04 Å². The molecule has 0 aliphatic carbocycles. The highest BCUT2D eigenvalue weighted by atomic mass is 16.5. The molecule has 5 N–H and O–H groups in total. The summed E-state index contributed by atoms with van der Waals surface area (Å²) in [5.41, 5.74) is 10.9. The number of nitrogens with one attached hydrogen (secondary N) is 1. The van der Waals surface area contributed by atoms with Crippen molar-refractivity contribution in [1.82, 2.24) is 5.32 Å². The summed E-state index contributed by atoms with van der Waals surface area (Å²) < 4.78 is 16.7. The number of carbonyl (C=O) groups is 4. The van der Waals surface area contributed by atoms with E-state index in [1.54, 1.807) is 0 Å². The molecule has 0 aliphatic rings. The van der Waals surface area contributed by atoms with Gasteiger partial charge in [-0.05, 0) is 64.2 Å². The van der Waals surface area contributed by atoms with Crippen molar-refractivity contribution in [2.45, 2.75) is 207 Å². The first kappa shape index (κ1) is 51.1. The standard InChI is InChI=1S/C43H82N4O7/c1-5-9-13-16-17-22-29-37(28-21-15-11-7-3)41(50)53-35-25-30-39(48)47-38(31-32-46-43(44)45)42(51)54-34-24-19-18-23-33-52-40(49)36(26-12-8-4)27-20-14-10-6-2/h36-38H,5-35H2,1-4H3,(H,47,48)(H4,44,45,46)/t36?,37?,38-/m0/s1. The van der Waals surface area contributed by atoms with E-state index in [0.717, 1.165) is 103 Å². The van der Waals surface area contributed by atoms with E-state index in [0.29, 0.717) is 19.4 Å². The van der Waals surface area contributed by atoms with E-state index in [4.69, 9.17) is 25.7 Å². The lowest BCUT2D eigenvalue weighted by Gasteiger charge is -2.18. The average molecular weight is 767 g/mol. The summed E-state index contributed by atoms with van der Waals surface area (Å²) in [5, 5.41) is 2.76. The van der Waals surface area contributed by atoms with Gasteiger partial charge in [-0.2, -0.15) is 0 Å². The zero-order valence-corrected chi connectivity index (χ0v) is 35.1. The Bertz CT molecular complexity index is 973. The van der Waals surface area contributed by atoms with Crippen LogP contribution in [0.5, 0.6) is 0 Å². The van der Waals surface area contributed by atoms with Crippen molar-refractivity contribution in [3.63, 3.8) is 0 Å². The van der Waals surface area contributed by atoms with Crippen LogP contribution >= 0.6 is 0 Å². The van der Waals surface area contributed by atoms with Crippen molar-refractivity contribution in [2.75, 3.05) is 26.4 Å². The number of amides is 1. The molecule has 11 nitrogen and oxygen atoms in total. The Kier molecular flexibility index (Phi) is 35.1. The van der Waals surface area contributed by atoms with E-state index >= 15 is 0 Å². The predicted octanol–water partition coefficient (Wildman–Crippen LogP) is 9.22. The van der Waals surface area contributed by atoms with Gasteiger partial charge in [-0.3, -0.25) is 19.4 Å². The predicted molar refractivity (Wildman–Crippen MR) is 220 cm³/mol. The Labute approximate surface area is 329 Å². The third-order valence-corrected chi connectivity index (χ3v) is 9.94. The van der Waals surface area contributed by atoms with Crippen molar-refractivity contribution >= 4 is 29.8 Å². The molecule has 0 aromatic rings. The lowest BCUT2D eigenvalue weighted by atomic mass is 9.94. The maximum absolute atomic E-state index is 13.0. The van der Waals surface area contributed by atoms with E-state index in [2.05, 4.69) is 38.0 Å². The molecule has 11 heteroatoms. The van der Waals surface area contributed by atoms with Gasteiger partial charge in [0.2, 0.25) is 5.91 Å². The topological polar surface area (TPSA) is 172 Å². The zero-order valence-electron chi connectivity index (χ0n) is 35.1. The minimum Gasteiger partial charge on any atom is -0.465 e. The first-order chi connectivity index (χ1) is 26.2. The zero-order chi connectivity index (χ0) is 40.1. The summed E-state index contributed by atoms with van der Waals surface area (Å²) in [5.74, 6) is -1.27. The second-order valence-electron chi connectivity index (χ2n) is 15.0. The van der Waals surface area contributed by atoms with E-state index < -0.39 is 12.0 Å². The minimum atomic E-state index is -0.894. The molecule has 3 atom stereocenters. The quantitative estimate of drug-likeness (QED) is 0.0182. The lowest BCUT2D eigenvalue weighted by molar-refractivity contribution is -0.150. The number of carbonyl (C=O) groups excluding carboxylic acids is 4. The third-order valence-electron chi connectivity index (χ3n) is 9.94. The third kappa shape index (κ3) is 30.5. The number of nitrogens with zero attached hydrogens (tertiary/aromatic N) is 1. The van der Waals surface area contributed by atoms with Crippen molar-refractivity contribution in [3.05, 3.63) is 0 Å². The molecule has 0 aliphatic heterocycles. The number of hydrogen-bond acceptors (Lipinski definition) is 8. The van der Waals surface area contributed by atoms with Crippen LogP contribution in [0.3, 0.4) is 0 Å². The monoisotopic (exact) mass is 767 g/mol. The summed E-state index contributed by atoms with van der Waals surface area (Å²) in [6, 6.07) is -0.894. The van der Waals surface area contributed by atoms with Gasteiger partial charge in [0.05, 0.1) is 31.7 Å². The van der Waals surface area contributed by atoms with Crippen LogP contribution in [0.4, 0.5) is 0 Å². The van der Waals surface area contributed by atoms with Crippen LogP contribution in [0, 0.1) is 11.8 Å². The molecular weight excluding hydrogens is 684 g/mol. The van der Waals surface area contributed by atoms with Crippen LogP contribution in [0.15, 0.2) is 4.99 Å². The molecule has 0 spiro atoms. The Morgan fingerprint density at radius 3 is 1.35 bits per heavy atom. The van der Waals surface area contributed by atoms with Gasteiger partial charge in [-0.1, -0.05) is 130 Å². The molecular formula is C43H82N4O7. The maximum atomic E-state index is 13.0. The highest BCUT2D eigenvalue weighted by molar-refractivity contribution is 5.84. The van der Waals surface area contributed by atoms with Crippen LogP contribution < -0.4 is 16.8 Å². The molecule has 0 fully saturated rings. The van der Waals surface area contributed by atoms with Crippen LogP contribution in [-0.4, -0.2) is 62.2 Å². The van der Waals surface area contributed by atoms with Gasteiger partial charge in [0.25, 0.3) is 0 Å². The fourth-order valence-electron chi connectivity index (χ4n) is 6.50. The van der Waals surface area contributed by atoms with Gasteiger partial charge >= 0.3 is 17.9 Å². The molecule has 0 saturated heterocycles. The molecule has 54 heavy (non-hydrogen) atoms. The number of guanidine groups is 1. The van der Waals surface area contributed by atoms with Gasteiger partial charge in [-0.25, -0.2) is 4.79 Å². The Morgan fingerprint density at radius 2 is 0.870 bits per heavy atom. The molecule has 0 aromatic heterocycles. The fourth-order valence-corrected chi connectivity index (χ4v) is 6.50. The smallest absolute Gasteiger partial charge is 0.328 e. The van der Waals surface area contributed by atoms with Crippen molar-refractivity contribution in [3.8, 4) is 0 Å².